The second kappa shape index (κ2) is 8.98. The van der Waals surface area contributed by atoms with Gasteiger partial charge in [0, 0.05) is 39.0 Å². The Morgan fingerprint density at radius 3 is 2.41 bits per heavy atom. The molecule has 0 spiro atoms. The molecule has 3 aromatic rings. The van der Waals surface area contributed by atoms with E-state index in [1.54, 1.807) is 0 Å². The SMILES string of the molecule is c1ccc(CN(Cc2cncn2Cc2ccccc2)CC2CCCO2)cc1. The Morgan fingerprint density at radius 1 is 0.963 bits per heavy atom. The van der Waals surface area contributed by atoms with Crippen molar-refractivity contribution in [1.82, 2.24) is 14.5 Å². The summed E-state index contributed by atoms with van der Waals surface area (Å²) in [6.07, 6.45) is 6.62. The van der Waals surface area contributed by atoms with Gasteiger partial charge in [0.1, 0.15) is 0 Å². The second-order valence-corrected chi connectivity index (χ2v) is 7.29. The van der Waals surface area contributed by atoms with Crippen molar-refractivity contribution in [2.24, 2.45) is 0 Å². The summed E-state index contributed by atoms with van der Waals surface area (Å²) < 4.78 is 8.15. The first-order valence-electron chi connectivity index (χ1n) is 9.77. The lowest BCUT2D eigenvalue weighted by atomic mass is 10.1. The first kappa shape index (κ1) is 18.0. The normalized spacial score (nSPS) is 16.9. The third kappa shape index (κ3) is 5.06. The number of hydrogen-bond donors (Lipinski definition) is 0. The summed E-state index contributed by atoms with van der Waals surface area (Å²) in [7, 11) is 0. The molecular weight excluding hydrogens is 334 g/mol. The number of benzene rings is 2. The van der Waals surface area contributed by atoms with Gasteiger partial charge in [-0.15, -0.1) is 0 Å². The van der Waals surface area contributed by atoms with E-state index in [2.05, 4.69) is 75.1 Å². The fourth-order valence-electron chi connectivity index (χ4n) is 3.73. The van der Waals surface area contributed by atoms with Crippen LogP contribution in [-0.2, 0) is 24.4 Å². The summed E-state index contributed by atoms with van der Waals surface area (Å²) in [6.45, 7) is 4.52. The highest BCUT2D eigenvalue weighted by Crippen LogP contribution is 2.18. The average Bonchev–Trinajstić information content (AvgIpc) is 3.36. The lowest BCUT2D eigenvalue weighted by molar-refractivity contribution is 0.0671. The molecule has 1 aliphatic rings. The van der Waals surface area contributed by atoms with Crippen molar-refractivity contribution < 1.29 is 4.74 Å². The van der Waals surface area contributed by atoms with Crippen molar-refractivity contribution in [3.05, 3.63) is 90.0 Å². The number of nitrogens with zero attached hydrogens (tertiary/aromatic N) is 3. The number of ether oxygens (including phenoxy) is 1. The van der Waals surface area contributed by atoms with E-state index in [0.717, 1.165) is 39.2 Å². The van der Waals surface area contributed by atoms with Crippen LogP contribution in [0.15, 0.2) is 73.2 Å². The maximum absolute atomic E-state index is 5.90. The molecule has 0 radical (unpaired) electrons. The topological polar surface area (TPSA) is 30.3 Å². The summed E-state index contributed by atoms with van der Waals surface area (Å²) in [4.78, 5) is 6.91. The fraction of sp³-hybridized carbons (Fsp3) is 0.348. The molecule has 1 saturated heterocycles. The van der Waals surface area contributed by atoms with Gasteiger partial charge in [0.2, 0.25) is 0 Å². The van der Waals surface area contributed by atoms with Gasteiger partial charge in [-0.05, 0) is 24.0 Å². The van der Waals surface area contributed by atoms with Gasteiger partial charge in [0.15, 0.2) is 0 Å². The number of aromatic nitrogens is 2. The summed E-state index contributed by atoms with van der Waals surface area (Å²) in [5.41, 5.74) is 3.88. The van der Waals surface area contributed by atoms with E-state index >= 15 is 0 Å². The van der Waals surface area contributed by atoms with Crippen LogP contribution < -0.4 is 0 Å². The molecule has 0 saturated carbocycles. The van der Waals surface area contributed by atoms with Crippen LogP contribution >= 0.6 is 0 Å². The highest BCUT2D eigenvalue weighted by molar-refractivity contribution is 5.17. The Labute approximate surface area is 161 Å². The van der Waals surface area contributed by atoms with Crippen LogP contribution in [0.1, 0.15) is 29.7 Å². The fourth-order valence-corrected chi connectivity index (χ4v) is 3.73. The molecule has 0 amide bonds. The molecule has 1 fully saturated rings. The lowest BCUT2D eigenvalue weighted by Crippen LogP contribution is -2.32. The second-order valence-electron chi connectivity index (χ2n) is 7.29. The monoisotopic (exact) mass is 361 g/mol. The van der Waals surface area contributed by atoms with Crippen molar-refractivity contribution in [3.8, 4) is 0 Å². The number of rotatable bonds is 8. The van der Waals surface area contributed by atoms with Crippen LogP contribution in [0.3, 0.4) is 0 Å². The van der Waals surface area contributed by atoms with Crippen LogP contribution in [0.2, 0.25) is 0 Å². The van der Waals surface area contributed by atoms with Gasteiger partial charge in [-0.2, -0.15) is 0 Å². The third-order valence-electron chi connectivity index (χ3n) is 5.11. The van der Waals surface area contributed by atoms with E-state index < -0.39 is 0 Å². The summed E-state index contributed by atoms with van der Waals surface area (Å²) in [6, 6.07) is 21.3. The summed E-state index contributed by atoms with van der Waals surface area (Å²) in [5, 5.41) is 0. The first-order chi connectivity index (χ1) is 13.4. The van der Waals surface area contributed by atoms with Crippen molar-refractivity contribution >= 4 is 0 Å². The van der Waals surface area contributed by atoms with E-state index in [-0.39, 0.29) is 0 Å². The molecular formula is C23H27N3O. The van der Waals surface area contributed by atoms with Crippen LogP contribution in [0, 0.1) is 0 Å². The molecule has 1 aromatic heterocycles. The van der Waals surface area contributed by atoms with Gasteiger partial charge in [0.05, 0.1) is 18.1 Å². The minimum absolute atomic E-state index is 0.346. The maximum atomic E-state index is 5.90. The molecule has 1 unspecified atom stereocenters. The Hall–Kier alpha value is -2.43. The Kier molecular flexibility index (Phi) is 5.97. The van der Waals surface area contributed by atoms with Crippen molar-refractivity contribution in [2.45, 2.75) is 38.6 Å². The third-order valence-corrected chi connectivity index (χ3v) is 5.11. The summed E-state index contributed by atoms with van der Waals surface area (Å²) >= 11 is 0. The molecule has 2 aromatic carbocycles. The van der Waals surface area contributed by atoms with E-state index in [4.69, 9.17) is 4.74 Å². The Balaban J connectivity index is 1.48. The highest BCUT2D eigenvalue weighted by Gasteiger charge is 2.20. The molecule has 0 bridgehead atoms. The number of hydrogen-bond acceptors (Lipinski definition) is 3. The van der Waals surface area contributed by atoms with Gasteiger partial charge < -0.3 is 9.30 Å². The number of imidazole rings is 1. The first-order valence-corrected chi connectivity index (χ1v) is 9.77. The van der Waals surface area contributed by atoms with Crippen molar-refractivity contribution in [2.75, 3.05) is 13.2 Å². The minimum Gasteiger partial charge on any atom is -0.377 e. The molecule has 2 heterocycles. The van der Waals surface area contributed by atoms with Gasteiger partial charge in [0.25, 0.3) is 0 Å². The maximum Gasteiger partial charge on any atom is 0.0951 e. The van der Waals surface area contributed by atoms with E-state index in [1.165, 1.54) is 23.2 Å². The van der Waals surface area contributed by atoms with Crippen molar-refractivity contribution in [3.63, 3.8) is 0 Å². The van der Waals surface area contributed by atoms with E-state index in [9.17, 15) is 0 Å². The predicted molar refractivity (Wildman–Crippen MR) is 107 cm³/mol. The predicted octanol–water partition coefficient (Wildman–Crippen LogP) is 4.11. The van der Waals surface area contributed by atoms with E-state index in [1.807, 2.05) is 12.5 Å². The molecule has 4 heteroatoms. The smallest absolute Gasteiger partial charge is 0.0951 e. The van der Waals surface area contributed by atoms with Crippen LogP contribution in [0.5, 0.6) is 0 Å². The van der Waals surface area contributed by atoms with Gasteiger partial charge in [-0.25, -0.2) is 4.98 Å². The zero-order valence-corrected chi connectivity index (χ0v) is 15.7. The van der Waals surface area contributed by atoms with Gasteiger partial charge >= 0.3 is 0 Å². The molecule has 0 aliphatic carbocycles. The lowest BCUT2D eigenvalue weighted by Gasteiger charge is -2.25. The molecule has 1 atom stereocenters. The van der Waals surface area contributed by atoms with Crippen LogP contribution in [0.25, 0.3) is 0 Å². The molecule has 4 rings (SSSR count). The molecule has 27 heavy (non-hydrogen) atoms. The van der Waals surface area contributed by atoms with E-state index in [0.29, 0.717) is 6.10 Å². The molecule has 1 aliphatic heterocycles. The zero-order valence-electron chi connectivity index (χ0n) is 15.7. The largest absolute Gasteiger partial charge is 0.377 e. The molecule has 0 N–H and O–H groups in total. The standard InChI is InChI=1S/C23H27N3O/c1-3-8-20(9-4-1)15-25(18-23-12-7-13-27-23)17-22-14-24-19-26(22)16-21-10-5-2-6-11-21/h1-6,8-11,14,19,23H,7,12-13,15-18H2. The van der Waals surface area contributed by atoms with Gasteiger partial charge in [-0.1, -0.05) is 60.7 Å². The Morgan fingerprint density at radius 2 is 1.70 bits per heavy atom. The molecule has 4 nitrogen and oxygen atoms in total. The van der Waals surface area contributed by atoms with Crippen LogP contribution in [0.4, 0.5) is 0 Å². The zero-order chi connectivity index (χ0) is 18.3. The van der Waals surface area contributed by atoms with Crippen molar-refractivity contribution in [1.29, 1.82) is 0 Å². The van der Waals surface area contributed by atoms with Crippen LogP contribution in [-0.4, -0.2) is 33.7 Å². The Bertz CT molecular complexity index is 810. The summed E-state index contributed by atoms with van der Waals surface area (Å²) in [5.74, 6) is 0. The van der Waals surface area contributed by atoms with Gasteiger partial charge in [-0.3, -0.25) is 4.90 Å². The quantitative estimate of drug-likeness (QED) is 0.605. The average molecular weight is 361 g/mol. The minimum atomic E-state index is 0.346. The molecule has 140 valence electrons. The highest BCUT2D eigenvalue weighted by atomic mass is 16.5.